The van der Waals surface area contributed by atoms with Gasteiger partial charge in [0.1, 0.15) is 6.61 Å². The second-order valence-electron chi connectivity index (χ2n) is 7.09. The minimum atomic E-state index is -4.25. The molecule has 0 aromatic heterocycles. The molecule has 0 bridgehead atoms. The monoisotopic (exact) mass is 422 g/mol. The van der Waals surface area contributed by atoms with Gasteiger partial charge >= 0.3 is 6.18 Å². The van der Waals surface area contributed by atoms with Crippen molar-refractivity contribution in [1.82, 2.24) is 9.80 Å². The molecule has 5 nitrogen and oxygen atoms in total. The van der Waals surface area contributed by atoms with Crippen LogP contribution in [0.4, 0.5) is 13.2 Å². The van der Waals surface area contributed by atoms with Crippen LogP contribution in [-0.2, 0) is 11.3 Å². The number of alkyl halides is 3. The highest BCUT2D eigenvalue weighted by atomic mass is 35.5. The molecule has 0 radical (unpaired) electrons. The molecule has 1 aromatic rings. The minimum Gasteiger partial charge on any atom is -0.489 e. The van der Waals surface area contributed by atoms with Gasteiger partial charge in [-0.15, -0.1) is 0 Å². The fraction of sp³-hybridized carbons (Fsp3) is 0.684. The molecule has 3 rings (SSSR count). The first-order valence-corrected chi connectivity index (χ1v) is 9.96. The van der Waals surface area contributed by atoms with Gasteiger partial charge in [0.05, 0.1) is 18.2 Å². The summed E-state index contributed by atoms with van der Waals surface area (Å²) in [5, 5.41) is 0.576. The van der Waals surface area contributed by atoms with E-state index in [2.05, 4.69) is 14.5 Å². The van der Waals surface area contributed by atoms with Gasteiger partial charge < -0.3 is 19.1 Å². The second kappa shape index (κ2) is 10.0. The molecular formula is C19H26ClF3N2O3. The van der Waals surface area contributed by atoms with Crippen LogP contribution in [0.3, 0.4) is 0 Å². The lowest BCUT2D eigenvalue weighted by Crippen LogP contribution is -2.46. The summed E-state index contributed by atoms with van der Waals surface area (Å²) >= 11 is 6.36. The summed E-state index contributed by atoms with van der Waals surface area (Å²) in [4.78, 5) is 4.60. The third-order valence-electron chi connectivity index (χ3n) is 4.76. The van der Waals surface area contributed by atoms with Crippen molar-refractivity contribution in [2.24, 2.45) is 0 Å². The van der Waals surface area contributed by atoms with E-state index in [1.165, 1.54) is 0 Å². The summed E-state index contributed by atoms with van der Waals surface area (Å²) in [5.41, 5.74) is 1.09. The summed E-state index contributed by atoms with van der Waals surface area (Å²) in [7, 11) is 0. The molecular weight excluding hydrogens is 397 g/mol. The highest BCUT2D eigenvalue weighted by Crippen LogP contribution is 2.38. The molecule has 0 unspecified atom stereocenters. The Bertz CT molecular complexity index is 638. The molecule has 28 heavy (non-hydrogen) atoms. The van der Waals surface area contributed by atoms with E-state index in [1.807, 2.05) is 12.1 Å². The average Bonchev–Trinajstić information content (AvgIpc) is 2.88. The zero-order valence-corrected chi connectivity index (χ0v) is 16.5. The van der Waals surface area contributed by atoms with Crippen molar-refractivity contribution >= 4 is 11.6 Å². The molecule has 2 aliphatic heterocycles. The smallest absolute Gasteiger partial charge is 0.411 e. The van der Waals surface area contributed by atoms with Crippen molar-refractivity contribution in [3.05, 3.63) is 22.7 Å². The SMILES string of the molecule is FC(F)(F)COCCCN1CCN(Cc2cc(Cl)c3c(c2)OCCCO3)CC1. The lowest BCUT2D eigenvalue weighted by atomic mass is 10.1. The molecule has 0 spiro atoms. The highest BCUT2D eigenvalue weighted by molar-refractivity contribution is 6.32. The Kier molecular flexibility index (Phi) is 7.68. The third kappa shape index (κ3) is 6.69. The normalized spacial score (nSPS) is 18.9. The van der Waals surface area contributed by atoms with Crippen LogP contribution in [0.1, 0.15) is 18.4 Å². The van der Waals surface area contributed by atoms with Gasteiger partial charge in [0, 0.05) is 52.3 Å². The number of fused-ring (bicyclic) bond motifs is 1. The van der Waals surface area contributed by atoms with Gasteiger partial charge in [-0.2, -0.15) is 13.2 Å². The van der Waals surface area contributed by atoms with E-state index in [1.54, 1.807) is 0 Å². The molecule has 2 heterocycles. The summed E-state index contributed by atoms with van der Waals surface area (Å²) in [6.07, 6.45) is -2.81. The molecule has 0 amide bonds. The predicted molar refractivity (Wildman–Crippen MR) is 100 cm³/mol. The van der Waals surface area contributed by atoms with Crippen LogP contribution in [0.15, 0.2) is 12.1 Å². The van der Waals surface area contributed by atoms with Crippen LogP contribution in [0.25, 0.3) is 0 Å². The molecule has 0 aliphatic carbocycles. The second-order valence-corrected chi connectivity index (χ2v) is 7.50. The molecule has 9 heteroatoms. The largest absolute Gasteiger partial charge is 0.489 e. The number of ether oxygens (including phenoxy) is 3. The number of nitrogens with zero attached hydrogens (tertiary/aromatic N) is 2. The first kappa shape index (κ1) is 21.5. The van der Waals surface area contributed by atoms with Gasteiger partial charge in [0.15, 0.2) is 11.5 Å². The summed E-state index contributed by atoms with van der Waals surface area (Å²) in [6, 6.07) is 3.93. The van der Waals surface area contributed by atoms with E-state index in [9.17, 15) is 13.2 Å². The van der Waals surface area contributed by atoms with Gasteiger partial charge in [-0.05, 0) is 24.1 Å². The maximum Gasteiger partial charge on any atom is 0.411 e. The predicted octanol–water partition coefficient (Wildman–Crippen LogP) is 3.59. The Labute approximate surface area is 168 Å². The van der Waals surface area contributed by atoms with Crippen LogP contribution >= 0.6 is 11.6 Å². The maximum atomic E-state index is 12.0. The Morgan fingerprint density at radius 2 is 1.75 bits per heavy atom. The Balaban J connectivity index is 1.40. The van der Waals surface area contributed by atoms with Crippen molar-refractivity contribution in [2.45, 2.75) is 25.6 Å². The summed E-state index contributed by atoms with van der Waals surface area (Å²) in [6.45, 7) is 5.29. The van der Waals surface area contributed by atoms with Crippen LogP contribution < -0.4 is 9.47 Å². The average molecular weight is 423 g/mol. The number of hydrogen-bond donors (Lipinski definition) is 0. The molecule has 0 N–H and O–H groups in total. The highest BCUT2D eigenvalue weighted by Gasteiger charge is 2.27. The van der Waals surface area contributed by atoms with Gasteiger partial charge in [-0.1, -0.05) is 11.6 Å². The summed E-state index contributed by atoms with van der Waals surface area (Å²) in [5.74, 6) is 1.33. The first-order chi connectivity index (χ1) is 13.4. The molecule has 0 saturated carbocycles. The van der Waals surface area contributed by atoms with E-state index in [-0.39, 0.29) is 6.61 Å². The Morgan fingerprint density at radius 3 is 2.50 bits per heavy atom. The lowest BCUT2D eigenvalue weighted by molar-refractivity contribution is -0.174. The van der Waals surface area contributed by atoms with Crippen LogP contribution in [0.2, 0.25) is 5.02 Å². The van der Waals surface area contributed by atoms with E-state index in [4.69, 9.17) is 21.1 Å². The van der Waals surface area contributed by atoms with Crippen LogP contribution in [-0.4, -0.2) is 75.1 Å². The zero-order valence-electron chi connectivity index (χ0n) is 15.8. The van der Waals surface area contributed by atoms with Crippen LogP contribution in [0, 0.1) is 0 Å². The Hall–Kier alpha value is -1.22. The van der Waals surface area contributed by atoms with Crippen molar-refractivity contribution in [1.29, 1.82) is 0 Å². The molecule has 2 aliphatic rings. The quantitative estimate of drug-likeness (QED) is 0.627. The minimum absolute atomic E-state index is 0.134. The van der Waals surface area contributed by atoms with E-state index < -0.39 is 12.8 Å². The fourth-order valence-corrected chi connectivity index (χ4v) is 3.67. The standard InChI is InChI=1S/C19H26ClF3N2O3/c20-16-11-15(12-17-18(16)28-10-2-9-27-17)13-25-6-4-24(5-7-25)3-1-8-26-14-19(21,22)23/h11-12H,1-10,13-14H2. The zero-order chi connectivity index (χ0) is 20.0. The molecule has 1 saturated heterocycles. The number of hydrogen-bond acceptors (Lipinski definition) is 5. The van der Waals surface area contributed by atoms with E-state index in [0.29, 0.717) is 36.2 Å². The van der Waals surface area contributed by atoms with Gasteiger partial charge in [-0.25, -0.2) is 0 Å². The van der Waals surface area contributed by atoms with E-state index >= 15 is 0 Å². The topological polar surface area (TPSA) is 34.2 Å². The lowest BCUT2D eigenvalue weighted by Gasteiger charge is -2.34. The molecule has 158 valence electrons. The van der Waals surface area contributed by atoms with Gasteiger partial charge in [-0.3, -0.25) is 4.90 Å². The van der Waals surface area contributed by atoms with Gasteiger partial charge in [0.2, 0.25) is 0 Å². The molecule has 1 aromatic carbocycles. The third-order valence-corrected chi connectivity index (χ3v) is 5.04. The van der Waals surface area contributed by atoms with Crippen molar-refractivity contribution in [3.63, 3.8) is 0 Å². The summed E-state index contributed by atoms with van der Waals surface area (Å²) < 4.78 is 52.2. The van der Waals surface area contributed by atoms with Crippen LogP contribution in [0.5, 0.6) is 11.5 Å². The maximum absolute atomic E-state index is 12.0. The first-order valence-electron chi connectivity index (χ1n) is 9.58. The van der Waals surface area contributed by atoms with Crippen molar-refractivity contribution < 1.29 is 27.4 Å². The van der Waals surface area contributed by atoms with E-state index in [0.717, 1.165) is 51.3 Å². The number of piperazine rings is 1. The number of rotatable bonds is 7. The molecule has 0 atom stereocenters. The van der Waals surface area contributed by atoms with Crippen molar-refractivity contribution in [2.75, 3.05) is 59.2 Å². The molecule has 1 fully saturated rings. The fourth-order valence-electron chi connectivity index (χ4n) is 3.38. The Morgan fingerprint density at radius 1 is 1.04 bits per heavy atom. The number of benzene rings is 1. The van der Waals surface area contributed by atoms with Gasteiger partial charge in [0.25, 0.3) is 0 Å². The van der Waals surface area contributed by atoms with Crippen molar-refractivity contribution in [3.8, 4) is 11.5 Å². The number of halogens is 4.